The van der Waals surface area contributed by atoms with E-state index in [9.17, 15) is 0 Å². The molecule has 3 heterocycles. The topological polar surface area (TPSA) is 77.8 Å². The van der Waals surface area contributed by atoms with Crippen LogP contribution < -0.4 is 5.73 Å². The molecule has 0 aliphatic heterocycles. The minimum atomic E-state index is 0.510. The van der Waals surface area contributed by atoms with Crippen LogP contribution in [0.5, 0.6) is 0 Å². The molecule has 0 unspecified atom stereocenters. The van der Waals surface area contributed by atoms with Gasteiger partial charge in [-0.1, -0.05) is 11.8 Å². The Hall–Kier alpha value is -1.73. The van der Waals surface area contributed by atoms with Crippen LogP contribution in [0.3, 0.4) is 0 Å². The first-order chi connectivity index (χ1) is 10.7. The second-order valence-electron chi connectivity index (χ2n) is 4.81. The molecule has 0 aromatic carbocycles. The average Bonchev–Trinajstić information content (AvgIpc) is 2.88. The lowest BCUT2D eigenvalue weighted by molar-refractivity contribution is 0.611. The maximum absolute atomic E-state index is 5.78. The molecule has 0 bridgehead atoms. The van der Waals surface area contributed by atoms with Gasteiger partial charge in [-0.05, 0) is 31.2 Å². The zero-order valence-corrected chi connectivity index (χ0v) is 14.0. The standard InChI is InChI=1S/C15H16N4OS2/c1-9-8-20-12-7-17-10(5-11(9)12)3-4-22-15-18-13(16)6-14(19-15)21-2/h5-8H,3-4H2,1-2H3,(H2,16,18,19). The molecule has 3 aromatic heterocycles. The number of aromatic nitrogens is 3. The zero-order chi connectivity index (χ0) is 15.5. The third-order valence-corrected chi connectivity index (χ3v) is 4.69. The summed E-state index contributed by atoms with van der Waals surface area (Å²) in [5.41, 5.74) is 8.79. The minimum absolute atomic E-state index is 0.510. The Bertz CT molecular complexity index is 803. The third kappa shape index (κ3) is 3.36. The van der Waals surface area contributed by atoms with Crippen LogP contribution in [-0.2, 0) is 6.42 Å². The number of fused-ring (bicyclic) bond motifs is 1. The molecule has 0 saturated heterocycles. The molecule has 0 saturated carbocycles. The largest absolute Gasteiger partial charge is 0.462 e. The molecule has 0 aliphatic carbocycles. The van der Waals surface area contributed by atoms with Gasteiger partial charge in [0.05, 0.1) is 12.5 Å². The van der Waals surface area contributed by atoms with E-state index in [-0.39, 0.29) is 0 Å². The van der Waals surface area contributed by atoms with Gasteiger partial charge in [0.15, 0.2) is 10.7 Å². The highest BCUT2D eigenvalue weighted by Crippen LogP contribution is 2.23. The van der Waals surface area contributed by atoms with Crippen LogP contribution in [0.4, 0.5) is 5.82 Å². The number of pyridine rings is 1. The Morgan fingerprint density at radius 3 is 2.95 bits per heavy atom. The Kier molecular flexibility index (Phi) is 4.54. The van der Waals surface area contributed by atoms with Crippen molar-refractivity contribution in [3.63, 3.8) is 0 Å². The molecule has 22 heavy (non-hydrogen) atoms. The summed E-state index contributed by atoms with van der Waals surface area (Å²) < 4.78 is 5.41. The van der Waals surface area contributed by atoms with Gasteiger partial charge in [-0.2, -0.15) is 0 Å². The van der Waals surface area contributed by atoms with E-state index >= 15 is 0 Å². The van der Waals surface area contributed by atoms with Crippen LogP contribution >= 0.6 is 23.5 Å². The van der Waals surface area contributed by atoms with Gasteiger partial charge < -0.3 is 10.2 Å². The molecule has 5 nitrogen and oxygen atoms in total. The summed E-state index contributed by atoms with van der Waals surface area (Å²) in [7, 11) is 0. The Balaban J connectivity index is 1.66. The maximum Gasteiger partial charge on any atom is 0.190 e. The molecule has 0 atom stereocenters. The van der Waals surface area contributed by atoms with Gasteiger partial charge in [-0.25, -0.2) is 9.97 Å². The van der Waals surface area contributed by atoms with Crippen LogP contribution in [0.15, 0.2) is 39.2 Å². The lowest BCUT2D eigenvalue weighted by atomic mass is 10.2. The predicted molar refractivity (Wildman–Crippen MR) is 91.4 cm³/mol. The molecule has 3 rings (SSSR count). The quantitative estimate of drug-likeness (QED) is 0.435. The van der Waals surface area contributed by atoms with Crippen molar-refractivity contribution >= 4 is 40.3 Å². The van der Waals surface area contributed by atoms with Gasteiger partial charge in [0.2, 0.25) is 0 Å². The summed E-state index contributed by atoms with van der Waals surface area (Å²) in [6, 6.07) is 3.87. The Morgan fingerprint density at radius 1 is 1.27 bits per heavy atom. The van der Waals surface area contributed by atoms with Crippen LogP contribution in [-0.4, -0.2) is 27.0 Å². The third-order valence-electron chi connectivity index (χ3n) is 3.21. The zero-order valence-electron chi connectivity index (χ0n) is 12.4. The number of aryl methyl sites for hydroxylation is 2. The van der Waals surface area contributed by atoms with E-state index in [1.54, 1.807) is 42.1 Å². The van der Waals surface area contributed by atoms with E-state index in [2.05, 4.69) is 21.0 Å². The number of anilines is 1. The van der Waals surface area contributed by atoms with Gasteiger partial charge in [0, 0.05) is 22.9 Å². The van der Waals surface area contributed by atoms with Crippen LogP contribution in [0.2, 0.25) is 0 Å². The van der Waals surface area contributed by atoms with E-state index in [1.165, 1.54) is 0 Å². The fourth-order valence-electron chi connectivity index (χ4n) is 2.08. The Labute approximate surface area is 137 Å². The van der Waals surface area contributed by atoms with Gasteiger partial charge in [-0.3, -0.25) is 4.98 Å². The van der Waals surface area contributed by atoms with Crippen molar-refractivity contribution in [2.75, 3.05) is 17.7 Å². The molecular weight excluding hydrogens is 316 g/mol. The second kappa shape index (κ2) is 6.58. The molecule has 114 valence electrons. The fourth-order valence-corrected chi connectivity index (χ4v) is 3.38. The highest BCUT2D eigenvalue weighted by atomic mass is 32.2. The van der Waals surface area contributed by atoms with Crippen molar-refractivity contribution < 1.29 is 4.42 Å². The molecule has 2 N–H and O–H groups in total. The molecule has 0 aliphatic rings. The van der Waals surface area contributed by atoms with E-state index in [0.717, 1.165) is 39.4 Å². The number of nitrogens with two attached hydrogens (primary N) is 1. The number of nitrogens with zero attached hydrogens (tertiary/aromatic N) is 3. The molecule has 0 spiro atoms. The summed E-state index contributed by atoms with van der Waals surface area (Å²) in [5, 5.41) is 2.73. The molecule has 3 aromatic rings. The summed E-state index contributed by atoms with van der Waals surface area (Å²) in [6.45, 7) is 2.04. The first-order valence-electron chi connectivity index (χ1n) is 6.80. The fraction of sp³-hybridized carbons (Fsp3) is 0.267. The average molecular weight is 332 g/mol. The summed E-state index contributed by atoms with van der Waals surface area (Å²) in [6.07, 6.45) is 6.36. The summed E-state index contributed by atoms with van der Waals surface area (Å²) in [4.78, 5) is 13.1. The molecule has 7 heteroatoms. The lowest BCUT2D eigenvalue weighted by Gasteiger charge is -2.04. The van der Waals surface area contributed by atoms with Crippen LogP contribution in [0.1, 0.15) is 11.3 Å². The van der Waals surface area contributed by atoms with Gasteiger partial charge >= 0.3 is 0 Å². The van der Waals surface area contributed by atoms with Gasteiger partial charge in [0.25, 0.3) is 0 Å². The smallest absolute Gasteiger partial charge is 0.190 e. The van der Waals surface area contributed by atoms with E-state index in [1.807, 2.05) is 13.2 Å². The molecular formula is C15H16N4OS2. The minimum Gasteiger partial charge on any atom is -0.462 e. The number of thioether (sulfide) groups is 2. The Morgan fingerprint density at radius 2 is 2.14 bits per heavy atom. The summed E-state index contributed by atoms with van der Waals surface area (Å²) >= 11 is 3.16. The second-order valence-corrected chi connectivity index (χ2v) is 6.70. The number of hydrogen-bond donors (Lipinski definition) is 1. The van der Waals surface area contributed by atoms with Gasteiger partial charge in [-0.15, -0.1) is 11.8 Å². The maximum atomic E-state index is 5.78. The van der Waals surface area contributed by atoms with Crippen molar-refractivity contribution in [3.8, 4) is 0 Å². The number of furan rings is 1. The molecule has 0 fully saturated rings. The predicted octanol–water partition coefficient (Wildman–Crippen LogP) is 3.57. The highest BCUT2D eigenvalue weighted by Gasteiger charge is 2.06. The monoisotopic (exact) mass is 332 g/mol. The number of rotatable bonds is 5. The van der Waals surface area contributed by atoms with Crippen molar-refractivity contribution in [1.82, 2.24) is 15.0 Å². The van der Waals surface area contributed by atoms with Crippen molar-refractivity contribution in [2.24, 2.45) is 0 Å². The van der Waals surface area contributed by atoms with Crippen molar-refractivity contribution in [1.29, 1.82) is 0 Å². The van der Waals surface area contributed by atoms with Crippen molar-refractivity contribution in [2.45, 2.75) is 23.5 Å². The summed E-state index contributed by atoms with van der Waals surface area (Å²) in [5.74, 6) is 1.36. The first kappa shape index (κ1) is 15.2. The van der Waals surface area contributed by atoms with Crippen LogP contribution in [0.25, 0.3) is 11.0 Å². The molecule has 0 radical (unpaired) electrons. The van der Waals surface area contributed by atoms with E-state index in [0.29, 0.717) is 11.0 Å². The van der Waals surface area contributed by atoms with E-state index < -0.39 is 0 Å². The van der Waals surface area contributed by atoms with Gasteiger partial charge in [0.1, 0.15) is 10.8 Å². The van der Waals surface area contributed by atoms with E-state index in [4.69, 9.17) is 10.2 Å². The van der Waals surface area contributed by atoms with Crippen LogP contribution in [0, 0.1) is 6.92 Å². The normalized spacial score (nSPS) is 11.2. The van der Waals surface area contributed by atoms with Crippen molar-refractivity contribution in [3.05, 3.63) is 35.9 Å². The molecule has 0 amide bonds. The number of nitrogen functional groups attached to an aromatic ring is 1. The SMILES string of the molecule is CSc1cc(N)nc(SCCc2cc3c(C)coc3cn2)n1. The highest BCUT2D eigenvalue weighted by molar-refractivity contribution is 7.99. The number of hydrogen-bond acceptors (Lipinski definition) is 7. The first-order valence-corrected chi connectivity index (χ1v) is 9.01. The lowest BCUT2D eigenvalue weighted by Crippen LogP contribution is -1.98.